The first kappa shape index (κ1) is 13.1. The van der Waals surface area contributed by atoms with E-state index in [1.165, 1.54) is 44.3 Å². The zero-order valence-corrected chi connectivity index (χ0v) is 12.2. The van der Waals surface area contributed by atoms with Crippen molar-refractivity contribution in [2.75, 3.05) is 20.2 Å². The Kier molecular flexibility index (Phi) is 3.39. The molecule has 1 aromatic heterocycles. The molecule has 3 rings (SSSR count). The first-order chi connectivity index (χ1) is 9.12. The van der Waals surface area contributed by atoms with Crippen LogP contribution in [-0.4, -0.2) is 36.4 Å². The number of methoxy groups -OCH3 is 1. The van der Waals surface area contributed by atoms with E-state index in [0.29, 0.717) is 11.5 Å². The molecular formula is C15H24N2O2. The predicted octanol–water partition coefficient (Wildman–Crippen LogP) is 2.68. The lowest BCUT2D eigenvalue weighted by molar-refractivity contribution is -0.0885. The summed E-state index contributed by atoms with van der Waals surface area (Å²) in [7, 11) is 1.84. The predicted molar refractivity (Wildman–Crippen MR) is 73.0 cm³/mol. The second-order valence-electron chi connectivity index (χ2n) is 6.34. The van der Waals surface area contributed by atoms with Crippen LogP contribution in [0.2, 0.25) is 0 Å². The van der Waals surface area contributed by atoms with E-state index in [9.17, 15) is 0 Å². The Morgan fingerprint density at radius 2 is 2.00 bits per heavy atom. The highest BCUT2D eigenvalue weighted by Crippen LogP contribution is 2.50. The maximum atomic E-state index is 5.42. The number of hydrogen-bond donors (Lipinski definition) is 0. The van der Waals surface area contributed by atoms with Gasteiger partial charge in [0.2, 0.25) is 0 Å². The minimum absolute atomic E-state index is 0.522. The van der Waals surface area contributed by atoms with Crippen molar-refractivity contribution in [3.63, 3.8) is 0 Å². The van der Waals surface area contributed by atoms with Crippen molar-refractivity contribution in [2.24, 2.45) is 5.41 Å². The third-order valence-corrected chi connectivity index (χ3v) is 5.13. The Balaban J connectivity index is 1.54. The molecule has 19 heavy (non-hydrogen) atoms. The first-order valence-electron chi connectivity index (χ1n) is 7.29. The van der Waals surface area contributed by atoms with Gasteiger partial charge in [0.1, 0.15) is 5.76 Å². The lowest BCUT2D eigenvalue weighted by atomic mass is 9.61. The highest BCUT2D eigenvalue weighted by molar-refractivity contribution is 5.20. The number of piperidine rings is 1. The van der Waals surface area contributed by atoms with E-state index in [0.717, 1.165) is 18.0 Å². The Hall–Kier alpha value is -0.870. The molecule has 0 aromatic carbocycles. The normalized spacial score (nSPS) is 23.7. The molecule has 0 amide bonds. The quantitative estimate of drug-likeness (QED) is 0.841. The standard InChI is InChI=1S/C15H24N2O2/c1-11-14(12(2)19-16-11)10-17-6-4-15(5-7-17)8-13(9-15)18-3/h13H,4-10H2,1-3H3. The van der Waals surface area contributed by atoms with Crippen LogP contribution in [-0.2, 0) is 11.3 Å². The summed E-state index contributed by atoms with van der Waals surface area (Å²) in [5.74, 6) is 0.973. The highest BCUT2D eigenvalue weighted by Gasteiger charge is 2.45. The Labute approximate surface area is 115 Å². The summed E-state index contributed by atoms with van der Waals surface area (Å²) in [5, 5.41) is 4.04. The van der Waals surface area contributed by atoms with Gasteiger partial charge < -0.3 is 9.26 Å². The summed E-state index contributed by atoms with van der Waals surface area (Å²) in [6.07, 6.45) is 5.69. The zero-order valence-electron chi connectivity index (χ0n) is 12.2. The molecular weight excluding hydrogens is 240 g/mol. The van der Waals surface area contributed by atoms with Crippen LogP contribution in [0.5, 0.6) is 0 Å². The number of rotatable bonds is 3. The molecule has 0 N–H and O–H groups in total. The molecule has 1 saturated carbocycles. The fourth-order valence-corrected chi connectivity index (χ4v) is 3.62. The molecule has 0 unspecified atom stereocenters. The van der Waals surface area contributed by atoms with Crippen molar-refractivity contribution < 1.29 is 9.26 Å². The fourth-order valence-electron chi connectivity index (χ4n) is 3.62. The molecule has 106 valence electrons. The topological polar surface area (TPSA) is 38.5 Å². The minimum atomic E-state index is 0.522. The Morgan fingerprint density at radius 1 is 1.32 bits per heavy atom. The molecule has 2 aliphatic rings. The van der Waals surface area contributed by atoms with E-state index in [-0.39, 0.29) is 0 Å². The summed E-state index contributed by atoms with van der Waals surface area (Å²) in [6.45, 7) is 7.42. The Morgan fingerprint density at radius 3 is 2.53 bits per heavy atom. The minimum Gasteiger partial charge on any atom is -0.381 e. The van der Waals surface area contributed by atoms with E-state index in [1.807, 2.05) is 21.0 Å². The van der Waals surface area contributed by atoms with Crippen molar-refractivity contribution in [1.29, 1.82) is 0 Å². The largest absolute Gasteiger partial charge is 0.381 e. The van der Waals surface area contributed by atoms with E-state index >= 15 is 0 Å². The van der Waals surface area contributed by atoms with E-state index in [4.69, 9.17) is 9.26 Å². The van der Waals surface area contributed by atoms with Gasteiger partial charge in [-0.25, -0.2) is 0 Å². The van der Waals surface area contributed by atoms with Gasteiger partial charge in [0, 0.05) is 19.2 Å². The van der Waals surface area contributed by atoms with Crippen LogP contribution in [0.4, 0.5) is 0 Å². The average molecular weight is 264 g/mol. The molecule has 0 bridgehead atoms. The molecule has 2 fully saturated rings. The van der Waals surface area contributed by atoms with Gasteiger partial charge in [0.05, 0.1) is 11.8 Å². The van der Waals surface area contributed by atoms with Gasteiger partial charge in [-0.3, -0.25) is 4.90 Å². The number of aryl methyl sites for hydroxylation is 2. The lowest BCUT2D eigenvalue weighted by Crippen LogP contribution is -2.49. The van der Waals surface area contributed by atoms with Crippen LogP contribution >= 0.6 is 0 Å². The van der Waals surface area contributed by atoms with Crippen LogP contribution in [0.15, 0.2) is 4.52 Å². The second-order valence-corrected chi connectivity index (χ2v) is 6.34. The summed E-state index contributed by atoms with van der Waals surface area (Å²) in [6, 6.07) is 0. The van der Waals surface area contributed by atoms with Gasteiger partial charge in [-0.15, -0.1) is 0 Å². The molecule has 1 aliphatic carbocycles. The molecule has 4 nitrogen and oxygen atoms in total. The molecule has 1 spiro atoms. The highest BCUT2D eigenvalue weighted by atomic mass is 16.5. The summed E-state index contributed by atoms with van der Waals surface area (Å²) >= 11 is 0. The zero-order chi connectivity index (χ0) is 13.5. The SMILES string of the molecule is COC1CC2(CCN(Cc3c(C)noc3C)CC2)C1. The fraction of sp³-hybridized carbons (Fsp3) is 0.800. The van der Waals surface area contributed by atoms with Crippen LogP contribution in [0.3, 0.4) is 0 Å². The van der Waals surface area contributed by atoms with Crippen molar-refractivity contribution in [1.82, 2.24) is 10.1 Å². The van der Waals surface area contributed by atoms with Crippen LogP contribution in [0.25, 0.3) is 0 Å². The number of hydrogen-bond acceptors (Lipinski definition) is 4. The van der Waals surface area contributed by atoms with E-state index in [1.54, 1.807) is 0 Å². The number of likely N-dealkylation sites (tertiary alicyclic amines) is 1. The number of aromatic nitrogens is 1. The van der Waals surface area contributed by atoms with E-state index < -0.39 is 0 Å². The van der Waals surface area contributed by atoms with Crippen LogP contribution in [0, 0.1) is 19.3 Å². The molecule has 1 aliphatic heterocycles. The summed E-state index contributed by atoms with van der Waals surface area (Å²) in [4.78, 5) is 2.54. The van der Waals surface area contributed by atoms with Crippen molar-refractivity contribution >= 4 is 0 Å². The van der Waals surface area contributed by atoms with Crippen molar-refractivity contribution in [2.45, 2.75) is 52.2 Å². The van der Waals surface area contributed by atoms with Gasteiger partial charge in [-0.2, -0.15) is 0 Å². The van der Waals surface area contributed by atoms with Crippen LogP contribution < -0.4 is 0 Å². The molecule has 0 radical (unpaired) electrons. The lowest BCUT2D eigenvalue weighted by Gasteiger charge is -2.51. The van der Waals surface area contributed by atoms with Gasteiger partial charge >= 0.3 is 0 Å². The first-order valence-corrected chi connectivity index (χ1v) is 7.29. The van der Waals surface area contributed by atoms with Crippen LogP contribution in [0.1, 0.15) is 42.7 Å². The maximum Gasteiger partial charge on any atom is 0.138 e. The van der Waals surface area contributed by atoms with Gasteiger partial charge in [-0.1, -0.05) is 5.16 Å². The monoisotopic (exact) mass is 264 g/mol. The van der Waals surface area contributed by atoms with Crippen molar-refractivity contribution in [3.8, 4) is 0 Å². The average Bonchev–Trinajstić information content (AvgIpc) is 2.69. The van der Waals surface area contributed by atoms with E-state index in [2.05, 4.69) is 10.1 Å². The molecule has 4 heteroatoms. The molecule has 1 saturated heterocycles. The smallest absolute Gasteiger partial charge is 0.138 e. The molecule has 0 atom stereocenters. The summed E-state index contributed by atoms with van der Waals surface area (Å²) < 4.78 is 10.7. The second kappa shape index (κ2) is 4.91. The van der Waals surface area contributed by atoms with Gasteiger partial charge in [0.25, 0.3) is 0 Å². The van der Waals surface area contributed by atoms with Gasteiger partial charge in [0.15, 0.2) is 0 Å². The maximum absolute atomic E-state index is 5.42. The third-order valence-electron chi connectivity index (χ3n) is 5.13. The van der Waals surface area contributed by atoms with Crippen molar-refractivity contribution in [3.05, 3.63) is 17.0 Å². The summed E-state index contributed by atoms with van der Waals surface area (Å²) in [5.41, 5.74) is 2.91. The number of nitrogens with zero attached hydrogens (tertiary/aromatic N) is 2. The molecule has 2 heterocycles. The van der Waals surface area contributed by atoms with Gasteiger partial charge in [-0.05, 0) is 58.0 Å². The Bertz CT molecular complexity index is 419. The number of ether oxygens (including phenoxy) is 1. The molecule has 1 aromatic rings. The third kappa shape index (κ3) is 2.43.